The van der Waals surface area contributed by atoms with Crippen molar-refractivity contribution in [1.82, 2.24) is 10.0 Å². The van der Waals surface area contributed by atoms with Gasteiger partial charge < -0.3 is 5.32 Å². The summed E-state index contributed by atoms with van der Waals surface area (Å²) in [4.78, 5) is 12.3. The van der Waals surface area contributed by atoms with Gasteiger partial charge in [0.15, 0.2) is 0 Å². The highest BCUT2D eigenvalue weighted by molar-refractivity contribution is 7.89. The number of sulfonamides is 1. The van der Waals surface area contributed by atoms with Crippen LogP contribution in [-0.4, -0.2) is 27.4 Å². The molecule has 0 heterocycles. The largest absolute Gasteiger partial charge is 0.352 e. The van der Waals surface area contributed by atoms with Gasteiger partial charge in [-0.2, -0.15) is 0 Å². The van der Waals surface area contributed by atoms with E-state index in [1.807, 2.05) is 6.92 Å². The standard InChI is InChI=1S/C18H30N2O3S/c1-3-5-7-8-9-13-19-18(21)16-11-10-12-17(15-16)24(22,23)20-14-6-4-2/h10-12,15,20H,3-9,13-14H2,1-2H3,(H,19,21). The second-order valence-electron chi connectivity index (χ2n) is 5.95. The SMILES string of the molecule is CCCCCCCNC(=O)c1cccc(S(=O)(=O)NCCCC)c1. The normalized spacial score (nSPS) is 11.4. The molecule has 5 nitrogen and oxygen atoms in total. The minimum Gasteiger partial charge on any atom is -0.352 e. The quantitative estimate of drug-likeness (QED) is 0.564. The zero-order chi connectivity index (χ0) is 17.8. The molecular formula is C18H30N2O3S. The molecule has 1 amide bonds. The first-order valence-corrected chi connectivity index (χ1v) is 10.4. The van der Waals surface area contributed by atoms with Crippen molar-refractivity contribution in [1.29, 1.82) is 0 Å². The number of hydrogen-bond donors (Lipinski definition) is 2. The van der Waals surface area contributed by atoms with Crippen LogP contribution in [0.1, 0.15) is 69.2 Å². The molecule has 0 aromatic heterocycles. The first-order chi connectivity index (χ1) is 11.5. The highest BCUT2D eigenvalue weighted by Crippen LogP contribution is 2.12. The number of hydrogen-bond acceptors (Lipinski definition) is 3. The van der Waals surface area contributed by atoms with Crippen LogP contribution in [0.5, 0.6) is 0 Å². The second kappa shape index (κ2) is 11.2. The lowest BCUT2D eigenvalue weighted by Gasteiger charge is -2.09. The number of nitrogens with one attached hydrogen (secondary N) is 2. The first-order valence-electron chi connectivity index (χ1n) is 8.89. The Morgan fingerprint density at radius 2 is 1.67 bits per heavy atom. The van der Waals surface area contributed by atoms with Gasteiger partial charge in [0.25, 0.3) is 5.91 Å². The minimum atomic E-state index is -3.55. The van der Waals surface area contributed by atoms with E-state index in [9.17, 15) is 13.2 Å². The second-order valence-corrected chi connectivity index (χ2v) is 7.72. The van der Waals surface area contributed by atoms with E-state index in [-0.39, 0.29) is 10.8 Å². The monoisotopic (exact) mass is 354 g/mol. The summed E-state index contributed by atoms with van der Waals surface area (Å²) in [6, 6.07) is 6.18. The maximum atomic E-state index is 12.2. The fraction of sp³-hybridized carbons (Fsp3) is 0.611. The Balaban J connectivity index is 2.56. The molecule has 1 rings (SSSR count). The number of carbonyl (C=O) groups excluding carboxylic acids is 1. The van der Waals surface area contributed by atoms with Crippen LogP contribution in [-0.2, 0) is 10.0 Å². The Morgan fingerprint density at radius 1 is 0.958 bits per heavy atom. The maximum absolute atomic E-state index is 12.2. The summed E-state index contributed by atoms with van der Waals surface area (Å²) in [6.07, 6.45) is 7.36. The van der Waals surface area contributed by atoms with Crippen molar-refractivity contribution in [2.75, 3.05) is 13.1 Å². The van der Waals surface area contributed by atoms with E-state index >= 15 is 0 Å². The Morgan fingerprint density at radius 3 is 2.38 bits per heavy atom. The minimum absolute atomic E-state index is 0.134. The zero-order valence-corrected chi connectivity index (χ0v) is 15.6. The van der Waals surface area contributed by atoms with E-state index in [4.69, 9.17) is 0 Å². The predicted molar refractivity (Wildman–Crippen MR) is 97.6 cm³/mol. The molecule has 0 aliphatic heterocycles. The number of carbonyl (C=O) groups is 1. The first kappa shape index (κ1) is 20.6. The van der Waals surface area contributed by atoms with Crippen LogP contribution < -0.4 is 10.0 Å². The van der Waals surface area contributed by atoms with Crippen LogP contribution in [0.4, 0.5) is 0 Å². The Kier molecular flexibility index (Phi) is 9.64. The Bertz CT molecular complexity index is 600. The number of amides is 1. The van der Waals surface area contributed by atoms with Gasteiger partial charge in [0.2, 0.25) is 10.0 Å². The molecule has 0 saturated heterocycles. The molecule has 1 aromatic rings. The zero-order valence-electron chi connectivity index (χ0n) is 14.8. The van der Waals surface area contributed by atoms with Gasteiger partial charge in [0, 0.05) is 18.7 Å². The van der Waals surface area contributed by atoms with E-state index < -0.39 is 10.0 Å². The van der Waals surface area contributed by atoms with Gasteiger partial charge >= 0.3 is 0 Å². The van der Waals surface area contributed by atoms with E-state index in [0.717, 1.165) is 25.7 Å². The predicted octanol–water partition coefficient (Wildman–Crippen LogP) is 3.47. The van der Waals surface area contributed by atoms with Crippen molar-refractivity contribution >= 4 is 15.9 Å². The van der Waals surface area contributed by atoms with Gasteiger partial charge in [-0.15, -0.1) is 0 Å². The van der Waals surface area contributed by atoms with Gasteiger partial charge in [-0.25, -0.2) is 13.1 Å². The molecule has 1 aromatic carbocycles. The third-order valence-electron chi connectivity index (χ3n) is 3.79. The van der Waals surface area contributed by atoms with E-state index in [1.165, 1.54) is 31.4 Å². The van der Waals surface area contributed by atoms with Crippen molar-refractivity contribution in [3.05, 3.63) is 29.8 Å². The lowest BCUT2D eigenvalue weighted by Crippen LogP contribution is -2.26. The molecule has 0 bridgehead atoms. The molecule has 0 unspecified atom stereocenters. The fourth-order valence-electron chi connectivity index (χ4n) is 2.30. The molecule has 2 N–H and O–H groups in total. The highest BCUT2D eigenvalue weighted by Gasteiger charge is 2.15. The number of benzene rings is 1. The summed E-state index contributed by atoms with van der Waals surface area (Å²) in [7, 11) is -3.55. The van der Waals surface area contributed by atoms with Gasteiger partial charge in [0.05, 0.1) is 4.90 Å². The third kappa shape index (κ3) is 7.45. The lowest BCUT2D eigenvalue weighted by molar-refractivity contribution is 0.0952. The van der Waals surface area contributed by atoms with Crippen LogP contribution in [0.25, 0.3) is 0 Å². The summed E-state index contributed by atoms with van der Waals surface area (Å²) in [6.45, 7) is 5.20. The fourth-order valence-corrected chi connectivity index (χ4v) is 3.42. The van der Waals surface area contributed by atoms with Crippen molar-refractivity contribution < 1.29 is 13.2 Å². The maximum Gasteiger partial charge on any atom is 0.251 e. The average Bonchev–Trinajstić information content (AvgIpc) is 2.58. The number of rotatable bonds is 12. The molecule has 0 saturated carbocycles. The van der Waals surface area contributed by atoms with Crippen molar-refractivity contribution in [2.24, 2.45) is 0 Å². The van der Waals surface area contributed by atoms with E-state index in [2.05, 4.69) is 17.0 Å². The molecule has 6 heteroatoms. The summed E-state index contributed by atoms with van der Waals surface area (Å²) in [5.41, 5.74) is 0.377. The van der Waals surface area contributed by atoms with E-state index in [0.29, 0.717) is 18.7 Å². The van der Waals surface area contributed by atoms with Crippen LogP contribution in [0.2, 0.25) is 0 Å². The summed E-state index contributed by atoms with van der Waals surface area (Å²) in [5.74, 6) is -0.226. The summed E-state index contributed by atoms with van der Waals surface area (Å²) in [5, 5.41) is 2.85. The number of unbranched alkanes of at least 4 members (excludes halogenated alkanes) is 5. The average molecular weight is 355 g/mol. The molecular weight excluding hydrogens is 324 g/mol. The van der Waals surface area contributed by atoms with Crippen molar-refractivity contribution in [2.45, 2.75) is 63.7 Å². The molecule has 0 fully saturated rings. The lowest BCUT2D eigenvalue weighted by atomic mass is 10.1. The van der Waals surface area contributed by atoms with Crippen LogP contribution in [0.3, 0.4) is 0 Å². The van der Waals surface area contributed by atoms with Gasteiger partial charge in [-0.3, -0.25) is 4.79 Å². The topological polar surface area (TPSA) is 75.3 Å². The third-order valence-corrected chi connectivity index (χ3v) is 5.25. The Labute approximate surface area is 146 Å². The van der Waals surface area contributed by atoms with Gasteiger partial charge in [-0.05, 0) is 31.0 Å². The molecule has 0 spiro atoms. The summed E-state index contributed by atoms with van der Waals surface area (Å²) >= 11 is 0. The van der Waals surface area contributed by atoms with Crippen LogP contribution >= 0.6 is 0 Å². The molecule has 0 radical (unpaired) electrons. The van der Waals surface area contributed by atoms with Gasteiger partial charge in [0.1, 0.15) is 0 Å². The molecule has 0 aliphatic carbocycles. The van der Waals surface area contributed by atoms with Gasteiger partial charge in [-0.1, -0.05) is 52.0 Å². The Hall–Kier alpha value is -1.40. The summed E-state index contributed by atoms with van der Waals surface area (Å²) < 4.78 is 27.0. The molecule has 0 atom stereocenters. The highest BCUT2D eigenvalue weighted by atomic mass is 32.2. The van der Waals surface area contributed by atoms with Crippen molar-refractivity contribution in [3.8, 4) is 0 Å². The van der Waals surface area contributed by atoms with Crippen LogP contribution in [0.15, 0.2) is 29.2 Å². The van der Waals surface area contributed by atoms with E-state index in [1.54, 1.807) is 12.1 Å². The smallest absolute Gasteiger partial charge is 0.251 e. The van der Waals surface area contributed by atoms with Crippen molar-refractivity contribution in [3.63, 3.8) is 0 Å². The molecule has 0 aliphatic rings. The molecule has 24 heavy (non-hydrogen) atoms. The molecule has 136 valence electrons. The van der Waals surface area contributed by atoms with Crippen LogP contribution in [0, 0.1) is 0 Å².